The lowest BCUT2D eigenvalue weighted by molar-refractivity contribution is -0.221. The highest BCUT2D eigenvalue weighted by Crippen LogP contribution is 2.76. The average molecular weight is 787 g/mol. The number of carbonyl (C=O) groups excluding carboxylic acids is 1. The summed E-state index contributed by atoms with van der Waals surface area (Å²) >= 11 is 1.13. The quantitative estimate of drug-likeness (QED) is 0.177. The van der Waals surface area contributed by atoms with Crippen molar-refractivity contribution in [1.29, 1.82) is 0 Å². The van der Waals surface area contributed by atoms with Crippen molar-refractivity contribution >= 4 is 17.7 Å². The highest BCUT2D eigenvalue weighted by atomic mass is 32.1. The molecule has 2 heterocycles. The van der Waals surface area contributed by atoms with Crippen LogP contribution in [0.1, 0.15) is 145 Å². The van der Waals surface area contributed by atoms with E-state index in [-0.39, 0.29) is 28.9 Å². The van der Waals surface area contributed by atoms with Crippen LogP contribution in [0.2, 0.25) is 0 Å². The molecule has 1 aromatic heterocycles. The fourth-order valence-electron chi connectivity index (χ4n) is 15.5. The Morgan fingerprint density at radius 3 is 2.45 bits per heavy atom. The predicted octanol–water partition coefficient (Wildman–Crippen LogP) is 10.6. The highest BCUT2D eigenvalue weighted by molar-refractivity contribution is 6.99. The summed E-state index contributed by atoms with van der Waals surface area (Å²) in [6.07, 6.45) is 25.0. The zero-order chi connectivity index (χ0) is 39.6. The maximum atomic E-state index is 13.5. The number of piperidine rings is 1. The summed E-state index contributed by atoms with van der Waals surface area (Å²) in [7, 11) is 0. The highest BCUT2D eigenvalue weighted by Gasteiger charge is 2.70. The molecule has 310 valence electrons. The fourth-order valence-corrected chi connectivity index (χ4v) is 15.8. The second kappa shape index (κ2) is 15.2. The van der Waals surface area contributed by atoms with Crippen molar-refractivity contribution in [3.05, 3.63) is 41.6 Å². The van der Waals surface area contributed by atoms with Crippen LogP contribution in [0.3, 0.4) is 0 Å². The second-order valence-corrected chi connectivity index (χ2v) is 21.7. The molecule has 1 N–H and O–H groups in total. The predicted molar refractivity (Wildman–Crippen MR) is 227 cm³/mol. The van der Waals surface area contributed by atoms with Gasteiger partial charge in [-0.05, 0) is 179 Å². The molecule has 8 rings (SSSR count). The lowest BCUT2D eigenvalue weighted by atomic mass is 9.33. The van der Waals surface area contributed by atoms with Gasteiger partial charge in [-0.1, -0.05) is 65.3 Å². The Kier molecular flexibility index (Phi) is 11.1. The molecule has 1 aliphatic heterocycles. The number of esters is 1. The summed E-state index contributed by atoms with van der Waals surface area (Å²) in [6.45, 7) is 27.9. The van der Waals surface area contributed by atoms with E-state index in [0.29, 0.717) is 47.5 Å². The number of ether oxygens (including phenoxy) is 2. The van der Waals surface area contributed by atoms with E-state index in [1.165, 1.54) is 101 Å². The van der Waals surface area contributed by atoms with Crippen LogP contribution < -0.4 is 10.1 Å². The third kappa shape index (κ3) is 6.51. The second-order valence-electron chi connectivity index (χ2n) is 21.2. The van der Waals surface area contributed by atoms with Crippen LogP contribution in [-0.4, -0.2) is 64.5 Å². The Labute approximate surface area is 343 Å². The van der Waals surface area contributed by atoms with Crippen LogP contribution in [0.5, 0.6) is 5.88 Å². The Balaban J connectivity index is 1.03. The number of nitrogens with zero attached hydrogens (tertiary/aromatic N) is 3. The number of aromatic nitrogens is 2. The van der Waals surface area contributed by atoms with Gasteiger partial charge in [-0.25, -0.2) is 0 Å². The minimum atomic E-state index is -0.694. The average Bonchev–Trinajstić information content (AvgIpc) is 3.84. The van der Waals surface area contributed by atoms with Gasteiger partial charge in [0.15, 0.2) is 0 Å². The van der Waals surface area contributed by atoms with Gasteiger partial charge in [-0.3, -0.25) is 4.79 Å². The van der Waals surface area contributed by atoms with Gasteiger partial charge in [0.1, 0.15) is 18.2 Å². The molecule has 1 saturated heterocycles. The molecule has 0 amide bonds. The molecule has 10 atom stereocenters. The molecule has 0 aromatic carbocycles. The first-order valence-corrected chi connectivity index (χ1v) is 23.6. The van der Waals surface area contributed by atoms with Crippen molar-refractivity contribution in [2.45, 2.75) is 150 Å². The molecule has 0 spiro atoms. The van der Waals surface area contributed by atoms with Gasteiger partial charge in [0.25, 0.3) is 0 Å². The van der Waals surface area contributed by atoms with Crippen LogP contribution in [-0.2, 0) is 9.53 Å². The Bertz CT molecular complexity index is 1680. The van der Waals surface area contributed by atoms with Crippen molar-refractivity contribution < 1.29 is 14.3 Å². The molecule has 4 saturated carbocycles. The summed E-state index contributed by atoms with van der Waals surface area (Å²) in [4.78, 5) is 16.2. The largest absolute Gasteiger partial charge is 0.475 e. The number of hydrogen-bond donors (Lipinski definition) is 1. The summed E-state index contributed by atoms with van der Waals surface area (Å²) in [5, 5.41) is 4.36. The number of fused-ring (bicyclic) bond motifs is 7. The van der Waals surface area contributed by atoms with Crippen LogP contribution in [0.25, 0.3) is 0 Å². The van der Waals surface area contributed by atoms with E-state index in [1.807, 2.05) is 6.92 Å². The van der Waals surface area contributed by atoms with Crippen LogP contribution in [0.4, 0.5) is 0 Å². The van der Waals surface area contributed by atoms with E-state index in [1.54, 1.807) is 11.8 Å². The van der Waals surface area contributed by atoms with Crippen LogP contribution in [0.15, 0.2) is 41.6 Å². The first kappa shape index (κ1) is 40.7. The molecule has 1 unspecified atom stereocenters. The van der Waals surface area contributed by atoms with Crippen molar-refractivity contribution in [2.75, 3.05) is 39.4 Å². The van der Waals surface area contributed by atoms with E-state index in [0.717, 1.165) is 49.4 Å². The zero-order valence-electron chi connectivity index (χ0n) is 36.1. The molecule has 0 radical (unpaired) electrons. The standard InChI is InChI=1S/C48H74N4O3S/c1-9-54-42(53)47(32-55-40-31-50-56-51-40)22-15-34(16-23-47)36-18-20-44(6)38(43(36,4)5)19-21-46(8)39(44)14-13-37-41-35(33(2)3)17-24-48(41,26-25-45(37,46)7)49-27-30-52-28-11-10-12-29-52/h15,18,31,35,37-39,41,49H,2,9-14,16-17,19-30,32H2,1,3-8H3/t35-,37+,38-,39+,41+,44-,45+,46+,47?,48-/m0/s1. The minimum absolute atomic E-state index is 0.0705. The Hall–Kier alpha value is -2.03. The molecular formula is C48H74N4O3S. The fraction of sp³-hybridized carbons (Fsp3) is 0.812. The van der Waals surface area contributed by atoms with Crippen molar-refractivity contribution in [3.63, 3.8) is 0 Å². The first-order chi connectivity index (χ1) is 26.7. The van der Waals surface area contributed by atoms with Gasteiger partial charge >= 0.3 is 5.97 Å². The molecule has 7 aliphatic rings. The molecule has 0 bridgehead atoms. The van der Waals surface area contributed by atoms with Gasteiger partial charge in [0.2, 0.25) is 5.88 Å². The summed E-state index contributed by atoms with van der Waals surface area (Å²) in [5.41, 5.74) is 5.03. The first-order valence-electron chi connectivity index (χ1n) is 22.8. The molecule has 56 heavy (non-hydrogen) atoms. The SMILES string of the molecule is C=C(C)[C@@H]1CC[C@]2(NCCN3CCCCC3)CC[C@]3(C)[C@H](CC[C@@H]4[C@@]5(C)CC=C(C6=CCC(COc7cnsn7)(C(=O)OCC)CC6)C(C)(C)[C@@H]5CC[C@]43C)[C@@H]12. The van der Waals surface area contributed by atoms with E-state index in [2.05, 4.69) is 79.2 Å². The van der Waals surface area contributed by atoms with Gasteiger partial charge < -0.3 is 19.7 Å². The minimum Gasteiger partial charge on any atom is -0.475 e. The third-order valence-corrected chi connectivity index (χ3v) is 19.0. The summed E-state index contributed by atoms with van der Waals surface area (Å²) in [6, 6.07) is 0. The van der Waals surface area contributed by atoms with Gasteiger partial charge in [0, 0.05) is 18.6 Å². The lowest BCUT2D eigenvalue weighted by Gasteiger charge is -2.72. The molecule has 5 fully saturated rings. The van der Waals surface area contributed by atoms with E-state index >= 15 is 0 Å². The van der Waals surface area contributed by atoms with E-state index in [9.17, 15) is 4.79 Å². The van der Waals surface area contributed by atoms with Crippen molar-refractivity contribution in [3.8, 4) is 5.88 Å². The monoisotopic (exact) mass is 787 g/mol. The molecule has 6 aliphatic carbocycles. The summed E-state index contributed by atoms with van der Waals surface area (Å²) < 4.78 is 20.0. The van der Waals surface area contributed by atoms with Crippen LogP contribution in [0, 0.1) is 56.7 Å². The number of carbonyl (C=O) groups is 1. The van der Waals surface area contributed by atoms with Crippen molar-refractivity contribution in [2.24, 2.45) is 56.7 Å². The molecule has 7 nitrogen and oxygen atoms in total. The smallest absolute Gasteiger partial charge is 0.315 e. The van der Waals surface area contributed by atoms with E-state index < -0.39 is 5.41 Å². The lowest BCUT2D eigenvalue weighted by Crippen LogP contribution is -2.68. The number of hydrogen-bond acceptors (Lipinski definition) is 8. The Morgan fingerprint density at radius 2 is 1.75 bits per heavy atom. The topological polar surface area (TPSA) is 76.6 Å². The number of likely N-dealkylation sites (tertiary alicyclic amines) is 1. The summed E-state index contributed by atoms with van der Waals surface area (Å²) in [5.74, 6) is 3.82. The molecule has 1 aromatic rings. The molecule has 8 heteroatoms. The third-order valence-electron chi connectivity index (χ3n) is 18.5. The van der Waals surface area contributed by atoms with Crippen molar-refractivity contribution in [1.82, 2.24) is 19.0 Å². The normalized spacial score (nSPS) is 41.9. The van der Waals surface area contributed by atoms with Gasteiger partial charge in [0.05, 0.1) is 18.3 Å². The number of rotatable bonds is 11. The number of nitrogens with one attached hydrogen (secondary N) is 1. The maximum absolute atomic E-state index is 13.5. The maximum Gasteiger partial charge on any atom is 0.315 e. The molecular weight excluding hydrogens is 713 g/mol. The Morgan fingerprint density at radius 1 is 0.946 bits per heavy atom. The number of allylic oxidation sites excluding steroid dienone is 5. The van der Waals surface area contributed by atoms with E-state index in [4.69, 9.17) is 9.47 Å². The van der Waals surface area contributed by atoms with Gasteiger partial charge in [-0.2, -0.15) is 4.37 Å². The van der Waals surface area contributed by atoms with Gasteiger partial charge in [-0.15, -0.1) is 4.37 Å². The van der Waals surface area contributed by atoms with Crippen LogP contribution >= 0.6 is 11.7 Å². The zero-order valence-corrected chi connectivity index (χ0v) is 37.0.